The van der Waals surface area contributed by atoms with Crippen LogP contribution in [0, 0.1) is 5.92 Å². The molecule has 1 N–H and O–H groups in total. The van der Waals surface area contributed by atoms with Gasteiger partial charge in [0, 0.05) is 6.04 Å². The summed E-state index contributed by atoms with van der Waals surface area (Å²) in [5, 5.41) is 6.43. The van der Waals surface area contributed by atoms with Gasteiger partial charge in [0.2, 0.25) is 0 Å². The normalized spacial score (nSPS) is 13.0. The molecule has 1 unspecified atom stereocenters. The first-order valence-corrected chi connectivity index (χ1v) is 8.01. The zero-order chi connectivity index (χ0) is 14.4. The minimum atomic E-state index is 0.469. The summed E-state index contributed by atoms with van der Waals surface area (Å²) >= 11 is 0. The van der Waals surface area contributed by atoms with Crippen LogP contribution in [0.2, 0.25) is 0 Å². The van der Waals surface area contributed by atoms with Gasteiger partial charge in [0.15, 0.2) is 0 Å². The van der Waals surface area contributed by atoms with Crippen LogP contribution >= 0.6 is 0 Å². The molecular weight excluding hydrogens is 242 g/mol. The molecule has 0 spiro atoms. The SMILES string of the molecule is CCNC(CC(CC)CC)c1cccc2ccccc12. The van der Waals surface area contributed by atoms with Gasteiger partial charge in [0.1, 0.15) is 0 Å². The second-order valence-corrected chi connectivity index (χ2v) is 5.60. The van der Waals surface area contributed by atoms with Gasteiger partial charge in [-0.1, -0.05) is 76.1 Å². The first-order chi connectivity index (χ1) is 9.80. The number of hydrogen-bond acceptors (Lipinski definition) is 1. The van der Waals surface area contributed by atoms with E-state index in [1.54, 1.807) is 0 Å². The minimum Gasteiger partial charge on any atom is -0.310 e. The van der Waals surface area contributed by atoms with Crippen molar-refractivity contribution in [1.29, 1.82) is 0 Å². The summed E-state index contributed by atoms with van der Waals surface area (Å²) in [5.41, 5.74) is 1.46. The monoisotopic (exact) mass is 269 g/mol. The van der Waals surface area contributed by atoms with Gasteiger partial charge in [-0.2, -0.15) is 0 Å². The molecule has 1 nitrogen and oxygen atoms in total. The molecule has 0 saturated carbocycles. The molecule has 0 aliphatic rings. The molecule has 0 aliphatic carbocycles. The number of fused-ring (bicyclic) bond motifs is 1. The summed E-state index contributed by atoms with van der Waals surface area (Å²) in [6, 6.07) is 15.9. The molecule has 2 aromatic rings. The lowest BCUT2D eigenvalue weighted by atomic mass is 9.89. The molecule has 1 atom stereocenters. The second kappa shape index (κ2) is 7.44. The molecule has 2 aromatic carbocycles. The van der Waals surface area contributed by atoms with E-state index in [0.29, 0.717) is 6.04 Å². The van der Waals surface area contributed by atoms with Crippen molar-refractivity contribution in [3.63, 3.8) is 0 Å². The van der Waals surface area contributed by atoms with E-state index < -0.39 is 0 Å². The topological polar surface area (TPSA) is 12.0 Å². The molecule has 1 heteroatoms. The zero-order valence-corrected chi connectivity index (χ0v) is 13.0. The van der Waals surface area contributed by atoms with E-state index >= 15 is 0 Å². The number of rotatable bonds is 7. The molecule has 108 valence electrons. The highest BCUT2D eigenvalue weighted by Crippen LogP contribution is 2.30. The number of hydrogen-bond donors (Lipinski definition) is 1. The Morgan fingerprint density at radius 2 is 1.60 bits per heavy atom. The largest absolute Gasteiger partial charge is 0.310 e. The quantitative estimate of drug-likeness (QED) is 0.717. The van der Waals surface area contributed by atoms with Crippen molar-refractivity contribution in [2.75, 3.05) is 6.54 Å². The minimum absolute atomic E-state index is 0.469. The number of nitrogens with one attached hydrogen (secondary N) is 1. The molecule has 0 heterocycles. The van der Waals surface area contributed by atoms with Crippen LogP contribution in [-0.4, -0.2) is 6.54 Å². The van der Waals surface area contributed by atoms with Crippen molar-refractivity contribution in [2.24, 2.45) is 5.92 Å². The van der Waals surface area contributed by atoms with Crippen LogP contribution in [0.25, 0.3) is 10.8 Å². The maximum absolute atomic E-state index is 3.69. The van der Waals surface area contributed by atoms with Gasteiger partial charge in [-0.15, -0.1) is 0 Å². The molecule has 0 bridgehead atoms. The fourth-order valence-corrected chi connectivity index (χ4v) is 3.08. The molecule has 2 rings (SSSR count). The zero-order valence-electron chi connectivity index (χ0n) is 13.0. The summed E-state index contributed by atoms with van der Waals surface area (Å²) in [4.78, 5) is 0. The van der Waals surface area contributed by atoms with Crippen LogP contribution in [0.4, 0.5) is 0 Å². The van der Waals surface area contributed by atoms with Gasteiger partial charge < -0.3 is 5.32 Å². The molecule has 0 amide bonds. The van der Waals surface area contributed by atoms with Gasteiger partial charge in [-0.05, 0) is 35.2 Å². The third kappa shape index (κ3) is 3.40. The maximum Gasteiger partial charge on any atom is 0.0328 e. The first-order valence-electron chi connectivity index (χ1n) is 8.01. The Kier molecular flexibility index (Phi) is 5.60. The lowest BCUT2D eigenvalue weighted by Gasteiger charge is -2.24. The Morgan fingerprint density at radius 3 is 2.30 bits per heavy atom. The van der Waals surface area contributed by atoms with Crippen LogP contribution in [0.15, 0.2) is 42.5 Å². The fraction of sp³-hybridized carbons (Fsp3) is 0.474. The van der Waals surface area contributed by atoms with Crippen LogP contribution in [0.1, 0.15) is 51.6 Å². The Morgan fingerprint density at radius 1 is 0.900 bits per heavy atom. The lowest BCUT2D eigenvalue weighted by Crippen LogP contribution is -2.23. The Balaban J connectivity index is 2.35. The van der Waals surface area contributed by atoms with E-state index in [-0.39, 0.29) is 0 Å². The molecule has 0 aromatic heterocycles. The van der Waals surface area contributed by atoms with Crippen molar-refractivity contribution >= 4 is 10.8 Å². The van der Waals surface area contributed by atoms with Crippen molar-refractivity contribution in [1.82, 2.24) is 5.32 Å². The smallest absolute Gasteiger partial charge is 0.0328 e. The predicted octanol–water partition coefficient (Wildman–Crippen LogP) is 5.32. The van der Waals surface area contributed by atoms with Gasteiger partial charge in [-0.25, -0.2) is 0 Å². The molecule has 0 fully saturated rings. The Labute approximate surface area is 123 Å². The number of benzene rings is 2. The van der Waals surface area contributed by atoms with E-state index in [4.69, 9.17) is 0 Å². The van der Waals surface area contributed by atoms with Gasteiger partial charge in [-0.3, -0.25) is 0 Å². The van der Waals surface area contributed by atoms with Crippen LogP contribution in [0.5, 0.6) is 0 Å². The predicted molar refractivity (Wildman–Crippen MR) is 89.1 cm³/mol. The lowest BCUT2D eigenvalue weighted by molar-refractivity contribution is 0.377. The van der Waals surface area contributed by atoms with Gasteiger partial charge >= 0.3 is 0 Å². The van der Waals surface area contributed by atoms with Crippen LogP contribution in [-0.2, 0) is 0 Å². The standard InChI is InChI=1S/C19H27N/c1-4-15(5-2)14-19(20-6-3)18-13-9-11-16-10-7-8-12-17(16)18/h7-13,15,19-20H,4-6,14H2,1-3H3. The highest BCUT2D eigenvalue weighted by Gasteiger charge is 2.17. The van der Waals surface area contributed by atoms with E-state index in [9.17, 15) is 0 Å². The van der Waals surface area contributed by atoms with Crippen molar-refractivity contribution < 1.29 is 0 Å². The molecular formula is C19H27N. The van der Waals surface area contributed by atoms with E-state index in [2.05, 4.69) is 68.6 Å². The summed E-state index contributed by atoms with van der Waals surface area (Å²) in [6.45, 7) is 7.83. The summed E-state index contributed by atoms with van der Waals surface area (Å²) < 4.78 is 0. The third-order valence-electron chi connectivity index (χ3n) is 4.37. The van der Waals surface area contributed by atoms with E-state index in [0.717, 1.165) is 12.5 Å². The van der Waals surface area contributed by atoms with E-state index in [1.165, 1.54) is 35.6 Å². The fourth-order valence-electron chi connectivity index (χ4n) is 3.08. The highest BCUT2D eigenvalue weighted by atomic mass is 14.9. The molecule has 20 heavy (non-hydrogen) atoms. The van der Waals surface area contributed by atoms with Gasteiger partial charge in [0.25, 0.3) is 0 Å². The summed E-state index contributed by atoms with van der Waals surface area (Å²) in [5.74, 6) is 0.804. The molecule has 0 saturated heterocycles. The van der Waals surface area contributed by atoms with Crippen molar-refractivity contribution in [3.8, 4) is 0 Å². The maximum atomic E-state index is 3.69. The van der Waals surface area contributed by atoms with Crippen molar-refractivity contribution in [2.45, 2.75) is 46.1 Å². The van der Waals surface area contributed by atoms with Gasteiger partial charge in [0.05, 0.1) is 0 Å². The van der Waals surface area contributed by atoms with E-state index in [1.807, 2.05) is 0 Å². The second-order valence-electron chi connectivity index (χ2n) is 5.60. The van der Waals surface area contributed by atoms with Crippen LogP contribution < -0.4 is 5.32 Å². The molecule has 0 radical (unpaired) electrons. The Bertz CT molecular complexity index is 523. The average Bonchev–Trinajstić information content (AvgIpc) is 2.51. The van der Waals surface area contributed by atoms with Crippen LogP contribution in [0.3, 0.4) is 0 Å². The average molecular weight is 269 g/mol. The third-order valence-corrected chi connectivity index (χ3v) is 4.37. The molecule has 0 aliphatic heterocycles. The first kappa shape index (κ1) is 15.1. The van der Waals surface area contributed by atoms with Crippen molar-refractivity contribution in [3.05, 3.63) is 48.0 Å². The highest BCUT2D eigenvalue weighted by molar-refractivity contribution is 5.86. The Hall–Kier alpha value is -1.34. The summed E-state index contributed by atoms with van der Waals surface area (Å²) in [6.07, 6.45) is 3.77. The summed E-state index contributed by atoms with van der Waals surface area (Å²) in [7, 11) is 0.